The topological polar surface area (TPSA) is 131 Å². The fourth-order valence-corrected chi connectivity index (χ4v) is 1.87. The van der Waals surface area contributed by atoms with E-state index >= 15 is 0 Å². The SMILES string of the molecule is Nc1c(F)c(=O)[nH]c(=O)n1[C@@H]1CC(O)[C@H](CO)O1. The van der Waals surface area contributed by atoms with Crippen LogP contribution in [0, 0.1) is 5.82 Å². The summed E-state index contributed by atoms with van der Waals surface area (Å²) < 4.78 is 19.2. The van der Waals surface area contributed by atoms with E-state index in [0.717, 1.165) is 0 Å². The van der Waals surface area contributed by atoms with Gasteiger partial charge in [0.15, 0.2) is 5.82 Å². The van der Waals surface area contributed by atoms with E-state index in [1.165, 1.54) is 0 Å². The van der Waals surface area contributed by atoms with Crippen LogP contribution in [0.15, 0.2) is 9.59 Å². The molecule has 2 rings (SSSR count). The summed E-state index contributed by atoms with van der Waals surface area (Å²) in [4.78, 5) is 24.2. The number of rotatable bonds is 2. The first kappa shape index (κ1) is 12.7. The first-order valence-corrected chi connectivity index (χ1v) is 5.20. The van der Waals surface area contributed by atoms with Crippen molar-refractivity contribution < 1.29 is 19.3 Å². The van der Waals surface area contributed by atoms with Crippen LogP contribution >= 0.6 is 0 Å². The number of ether oxygens (including phenoxy) is 1. The van der Waals surface area contributed by atoms with Gasteiger partial charge < -0.3 is 20.7 Å². The Morgan fingerprint density at radius 1 is 1.56 bits per heavy atom. The molecule has 0 amide bonds. The van der Waals surface area contributed by atoms with Crippen LogP contribution in [0.3, 0.4) is 0 Å². The second-order valence-corrected chi connectivity index (χ2v) is 3.94. The van der Waals surface area contributed by atoms with Crippen molar-refractivity contribution in [3.63, 3.8) is 0 Å². The van der Waals surface area contributed by atoms with Crippen molar-refractivity contribution in [2.24, 2.45) is 0 Å². The zero-order valence-electron chi connectivity index (χ0n) is 9.17. The molecule has 2 heterocycles. The molecule has 0 aromatic carbocycles. The Balaban J connectivity index is 2.45. The van der Waals surface area contributed by atoms with Gasteiger partial charge in [-0.05, 0) is 0 Å². The highest BCUT2D eigenvalue weighted by Gasteiger charge is 2.36. The third-order valence-electron chi connectivity index (χ3n) is 2.80. The van der Waals surface area contributed by atoms with Gasteiger partial charge in [-0.1, -0.05) is 0 Å². The Morgan fingerprint density at radius 3 is 2.78 bits per heavy atom. The predicted octanol–water partition coefficient (Wildman–Crippen LogP) is -2.10. The van der Waals surface area contributed by atoms with Gasteiger partial charge in [-0.3, -0.25) is 14.3 Å². The predicted molar refractivity (Wildman–Crippen MR) is 57.3 cm³/mol. The highest BCUT2D eigenvalue weighted by atomic mass is 19.1. The van der Waals surface area contributed by atoms with Gasteiger partial charge >= 0.3 is 5.69 Å². The van der Waals surface area contributed by atoms with Crippen molar-refractivity contribution in [2.75, 3.05) is 12.3 Å². The number of hydrogen-bond donors (Lipinski definition) is 4. The molecule has 3 atom stereocenters. The number of aliphatic hydroxyl groups is 2. The molecule has 0 aliphatic carbocycles. The highest BCUT2D eigenvalue weighted by molar-refractivity contribution is 5.29. The Kier molecular flexibility index (Phi) is 3.20. The van der Waals surface area contributed by atoms with Gasteiger partial charge in [0.05, 0.1) is 12.7 Å². The average molecular weight is 261 g/mol. The third-order valence-corrected chi connectivity index (χ3v) is 2.80. The first-order chi connectivity index (χ1) is 8.45. The lowest BCUT2D eigenvalue weighted by Crippen LogP contribution is -2.36. The van der Waals surface area contributed by atoms with Gasteiger partial charge in [-0.25, -0.2) is 4.79 Å². The van der Waals surface area contributed by atoms with E-state index < -0.39 is 47.9 Å². The smallest absolute Gasteiger partial charge is 0.332 e. The Hall–Kier alpha value is -1.71. The standard InChI is InChI=1S/C9H12FN3O5/c10-6-7(11)13(9(17)12-8(6)16)5-1-3(15)4(2-14)18-5/h3-5,14-15H,1-2,11H2,(H,12,16,17)/t3?,4-,5-/m0/s1. The molecule has 8 nitrogen and oxygen atoms in total. The Bertz CT molecular complexity index is 568. The van der Waals surface area contributed by atoms with E-state index in [1.54, 1.807) is 4.98 Å². The number of aromatic amines is 1. The van der Waals surface area contributed by atoms with Crippen LogP contribution < -0.4 is 17.0 Å². The summed E-state index contributed by atoms with van der Waals surface area (Å²) in [6, 6.07) is 0. The third kappa shape index (κ3) is 1.92. The summed E-state index contributed by atoms with van der Waals surface area (Å²) in [6.45, 7) is -0.446. The van der Waals surface area contributed by atoms with Gasteiger partial charge in [-0.15, -0.1) is 0 Å². The molecule has 18 heavy (non-hydrogen) atoms. The molecule has 0 spiro atoms. The van der Waals surface area contributed by atoms with Crippen molar-refractivity contribution in [1.82, 2.24) is 9.55 Å². The van der Waals surface area contributed by atoms with E-state index in [1.807, 2.05) is 0 Å². The van der Waals surface area contributed by atoms with E-state index in [-0.39, 0.29) is 6.42 Å². The second-order valence-electron chi connectivity index (χ2n) is 3.94. The van der Waals surface area contributed by atoms with Gasteiger partial charge in [0.1, 0.15) is 12.3 Å². The number of halogens is 1. The normalized spacial score (nSPS) is 27.6. The number of aliphatic hydroxyl groups excluding tert-OH is 2. The van der Waals surface area contributed by atoms with Gasteiger partial charge in [-0.2, -0.15) is 4.39 Å². The summed E-state index contributed by atoms with van der Waals surface area (Å²) in [5, 5.41) is 18.4. The quantitative estimate of drug-likeness (QED) is 0.482. The van der Waals surface area contributed by atoms with Crippen LogP contribution in [0.5, 0.6) is 0 Å². The number of aromatic nitrogens is 2. The van der Waals surface area contributed by atoms with Crippen LogP contribution in [-0.4, -0.2) is 38.6 Å². The molecule has 0 saturated carbocycles. The van der Waals surface area contributed by atoms with Crippen LogP contribution in [0.2, 0.25) is 0 Å². The molecular formula is C9H12FN3O5. The molecule has 5 N–H and O–H groups in total. The van der Waals surface area contributed by atoms with Crippen molar-refractivity contribution in [2.45, 2.75) is 24.9 Å². The molecule has 1 aromatic heterocycles. The number of nitrogens with two attached hydrogens (primary N) is 1. The summed E-state index contributed by atoms with van der Waals surface area (Å²) in [6.07, 6.45) is -2.95. The molecular weight excluding hydrogens is 249 g/mol. The van der Waals surface area contributed by atoms with E-state index in [2.05, 4.69) is 0 Å². The summed E-state index contributed by atoms with van der Waals surface area (Å²) in [5.74, 6) is -1.96. The lowest BCUT2D eigenvalue weighted by Gasteiger charge is -2.16. The largest absolute Gasteiger partial charge is 0.394 e. The molecule has 9 heteroatoms. The van der Waals surface area contributed by atoms with Crippen LogP contribution in [0.4, 0.5) is 10.2 Å². The van der Waals surface area contributed by atoms with E-state index in [0.29, 0.717) is 4.57 Å². The summed E-state index contributed by atoms with van der Waals surface area (Å²) in [5.41, 5.74) is 3.19. The van der Waals surface area contributed by atoms with Gasteiger partial charge in [0, 0.05) is 6.42 Å². The molecule has 1 aliphatic rings. The maximum atomic E-state index is 13.3. The minimum atomic E-state index is -1.29. The zero-order chi connectivity index (χ0) is 13.4. The number of anilines is 1. The first-order valence-electron chi connectivity index (χ1n) is 5.20. The summed E-state index contributed by atoms with van der Waals surface area (Å²) >= 11 is 0. The molecule has 100 valence electrons. The minimum Gasteiger partial charge on any atom is -0.394 e. The Morgan fingerprint density at radius 2 is 2.22 bits per heavy atom. The average Bonchev–Trinajstić information content (AvgIpc) is 2.67. The van der Waals surface area contributed by atoms with Gasteiger partial charge in [0.25, 0.3) is 5.56 Å². The monoisotopic (exact) mass is 261 g/mol. The van der Waals surface area contributed by atoms with Crippen molar-refractivity contribution in [3.05, 3.63) is 26.7 Å². The summed E-state index contributed by atoms with van der Waals surface area (Å²) in [7, 11) is 0. The van der Waals surface area contributed by atoms with Gasteiger partial charge in [0.2, 0.25) is 5.82 Å². The molecule has 1 aromatic rings. The number of nitrogen functional groups attached to an aromatic ring is 1. The zero-order valence-corrected chi connectivity index (χ0v) is 9.17. The second kappa shape index (κ2) is 4.52. The fourth-order valence-electron chi connectivity index (χ4n) is 1.87. The molecule has 0 bridgehead atoms. The van der Waals surface area contributed by atoms with Crippen molar-refractivity contribution >= 4 is 5.82 Å². The molecule has 1 unspecified atom stereocenters. The van der Waals surface area contributed by atoms with Crippen LogP contribution in [-0.2, 0) is 4.74 Å². The number of H-pyrrole nitrogens is 1. The van der Waals surface area contributed by atoms with Crippen molar-refractivity contribution in [3.8, 4) is 0 Å². The molecule has 1 aliphatic heterocycles. The molecule has 1 saturated heterocycles. The Labute approximate surface area is 99.4 Å². The van der Waals surface area contributed by atoms with E-state index in [4.69, 9.17) is 15.6 Å². The minimum absolute atomic E-state index is 0.0409. The molecule has 0 radical (unpaired) electrons. The van der Waals surface area contributed by atoms with Crippen LogP contribution in [0.1, 0.15) is 12.6 Å². The number of hydrogen-bond acceptors (Lipinski definition) is 6. The lowest BCUT2D eigenvalue weighted by molar-refractivity contribution is -0.0453. The highest BCUT2D eigenvalue weighted by Crippen LogP contribution is 2.28. The maximum absolute atomic E-state index is 13.3. The molecule has 1 fully saturated rings. The number of nitrogens with one attached hydrogen (secondary N) is 1. The maximum Gasteiger partial charge on any atom is 0.332 e. The van der Waals surface area contributed by atoms with Crippen LogP contribution in [0.25, 0.3) is 0 Å². The fraction of sp³-hybridized carbons (Fsp3) is 0.556. The lowest BCUT2D eigenvalue weighted by atomic mass is 10.2. The van der Waals surface area contributed by atoms with E-state index in [9.17, 15) is 19.1 Å². The number of nitrogens with zero attached hydrogens (tertiary/aromatic N) is 1. The van der Waals surface area contributed by atoms with Crippen molar-refractivity contribution in [1.29, 1.82) is 0 Å².